The summed E-state index contributed by atoms with van der Waals surface area (Å²) in [5, 5.41) is 2.18. The zero-order valence-corrected chi connectivity index (χ0v) is 15.5. The van der Waals surface area contributed by atoms with Crippen LogP contribution in [0, 0.1) is 0 Å². The second kappa shape index (κ2) is 6.12. The van der Waals surface area contributed by atoms with E-state index in [0.717, 1.165) is 12.4 Å². The van der Waals surface area contributed by atoms with Gasteiger partial charge in [-0.3, -0.25) is 0 Å². The van der Waals surface area contributed by atoms with E-state index in [4.69, 9.17) is 4.74 Å². The average Bonchev–Trinajstić information content (AvgIpc) is 3.16. The highest BCUT2D eigenvalue weighted by molar-refractivity contribution is 8.43. The van der Waals surface area contributed by atoms with Crippen LogP contribution in [0.25, 0.3) is 0 Å². The molecule has 0 unspecified atom stereocenters. The fourth-order valence-electron chi connectivity index (χ4n) is 1.85. The summed E-state index contributed by atoms with van der Waals surface area (Å²) in [7, 11) is 0. The highest BCUT2D eigenvalue weighted by Gasteiger charge is 2.31. The summed E-state index contributed by atoms with van der Waals surface area (Å²) in [5.41, 5.74) is 0. The molecule has 0 fully saturated rings. The van der Waals surface area contributed by atoms with Crippen LogP contribution >= 0.6 is 70.6 Å². The Morgan fingerprint density at radius 1 is 1.05 bits per heavy atom. The minimum absolute atomic E-state index is 0.227. The topological polar surface area (TPSA) is 21.6 Å². The van der Waals surface area contributed by atoms with E-state index >= 15 is 0 Å². The van der Waals surface area contributed by atoms with E-state index < -0.39 is 0 Å². The second-order valence-corrected chi connectivity index (χ2v) is 11.5. The van der Waals surface area contributed by atoms with Gasteiger partial charge in [-0.2, -0.15) is 0 Å². The van der Waals surface area contributed by atoms with Gasteiger partial charge in [0.15, 0.2) is 0 Å². The molecule has 0 saturated heterocycles. The molecule has 4 heterocycles. The molecule has 0 aromatic heterocycles. The first-order valence-corrected chi connectivity index (χ1v) is 11.5. The second-order valence-electron chi connectivity index (χ2n) is 4.33. The Balaban J connectivity index is 1.47. The van der Waals surface area contributed by atoms with Crippen LogP contribution < -0.4 is 0 Å². The first-order chi connectivity index (χ1) is 9.79. The number of hydrogen-bond donors (Lipinski definition) is 0. The van der Waals surface area contributed by atoms with E-state index in [1.54, 1.807) is 0 Å². The highest BCUT2D eigenvalue weighted by atomic mass is 32.3. The summed E-state index contributed by atoms with van der Waals surface area (Å²) in [6.45, 7) is 2.86. The molecule has 0 aromatic carbocycles. The maximum Gasteiger partial charge on any atom is 0.224 e. The van der Waals surface area contributed by atoms with Gasteiger partial charge in [-0.05, 0) is 12.3 Å². The minimum atomic E-state index is 0.227. The summed E-state index contributed by atoms with van der Waals surface area (Å²) >= 11 is 11.5. The largest absolute Gasteiger partial charge is 0.472 e. The number of ether oxygens (including phenoxy) is 1. The third kappa shape index (κ3) is 2.84. The summed E-state index contributed by atoms with van der Waals surface area (Å²) < 4.78 is 11.6. The molecular weight excluding hydrogens is 367 g/mol. The third-order valence-electron chi connectivity index (χ3n) is 2.75. The summed E-state index contributed by atoms with van der Waals surface area (Å²) in [4.78, 5) is 5.64. The molecule has 1 atom stereocenters. The van der Waals surface area contributed by atoms with Crippen LogP contribution in [-0.4, -0.2) is 30.1 Å². The standard InChI is InChI=1S/C12H11NOS6/c1-6-4-13-8(14-6)7-5-17-11(18-7)12-19-9-10(20-12)16-3-2-15-9/h5-6H,2-4H2,1H3/t6-/m1/s1. The molecule has 0 spiro atoms. The van der Waals surface area contributed by atoms with E-state index in [-0.39, 0.29) is 6.10 Å². The summed E-state index contributed by atoms with van der Waals surface area (Å²) in [5.74, 6) is 3.32. The van der Waals surface area contributed by atoms with E-state index in [9.17, 15) is 0 Å². The first-order valence-electron chi connectivity index (χ1n) is 6.15. The van der Waals surface area contributed by atoms with E-state index in [2.05, 4.69) is 17.3 Å². The molecule has 4 aliphatic heterocycles. The Kier molecular flexibility index (Phi) is 4.40. The lowest BCUT2D eigenvalue weighted by Crippen LogP contribution is -2.07. The van der Waals surface area contributed by atoms with Crippen molar-refractivity contribution in [3.63, 3.8) is 0 Å². The van der Waals surface area contributed by atoms with Crippen molar-refractivity contribution in [2.45, 2.75) is 13.0 Å². The highest BCUT2D eigenvalue weighted by Crippen LogP contribution is 2.63. The number of nitrogens with zero attached hydrogens (tertiary/aromatic N) is 1. The van der Waals surface area contributed by atoms with E-state index in [1.807, 2.05) is 70.6 Å². The normalized spacial score (nSPS) is 29.6. The van der Waals surface area contributed by atoms with Gasteiger partial charge in [0.1, 0.15) is 6.10 Å². The van der Waals surface area contributed by atoms with Crippen molar-refractivity contribution >= 4 is 76.5 Å². The molecule has 4 rings (SSSR count). The van der Waals surface area contributed by atoms with E-state index in [0.29, 0.717) is 0 Å². The molecule has 0 N–H and O–H groups in total. The van der Waals surface area contributed by atoms with Crippen molar-refractivity contribution in [2.75, 3.05) is 18.1 Å². The molecule has 0 aliphatic carbocycles. The molecule has 2 nitrogen and oxygen atoms in total. The predicted molar refractivity (Wildman–Crippen MR) is 100 cm³/mol. The molecule has 0 amide bonds. The van der Waals surface area contributed by atoms with Crippen molar-refractivity contribution in [3.8, 4) is 0 Å². The molecule has 8 heteroatoms. The molecule has 0 radical (unpaired) electrons. The minimum Gasteiger partial charge on any atom is -0.472 e. The van der Waals surface area contributed by atoms with Gasteiger partial charge in [-0.25, -0.2) is 4.99 Å². The maximum absolute atomic E-state index is 5.74. The fraction of sp³-hybridized carbons (Fsp3) is 0.417. The number of aliphatic imine (C=N–C) groups is 1. The predicted octanol–water partition coefficient (Wildman–Crippen LogP) is 5.34. The van der Waals surface area contributed by atoms with Crippen LogP contribution in [0.5, 0.6) is 0 Å². The monoisotopic (exact) mass is 377 g/mol. The first kappa shape index (κ1) is 14.4. The lowest BCUT2D eigenvalue weighted by molar-refractivity contribution is 0.247. The van der Waals surface area contributed by atoms with Gasteiger partial charge in [0.25, 0.3) is 0 Å². The smallest absolute Gasteiger partial charge is 0.224 e. The van der Waals surface area contributed by atoms with Crippen LogP contribution in [0.1, 0.15) is 6.92 Å². The van der Waals surface area contributed by atoms with Crippen LogP contribution in [0.2, 0.25) is 0 Å². The Hall–Kier alpha value is 0.790. The molecule has 0 aromatic rings. The molecular formula is C12H11NOS6. The Morgan fingerprint density at radius 3 is 2.45 bits per heavy atom. The Morgan fingerprint density at radius 2 is 1.80 bits per heavy atom. The molecule has 4 aliphatic rings. The van der Waals surface area contributed by atoms with Crippen molar-refractivity contribution in [3.05, 3.63) is 27.3 Å². The lowest BCUT2D eigenvalue weighted by Gasteiger charge is -2.08. The quantitative estimate of drug-likeness (QED) is 0.607. The van der Waals surface area contributed by atoms with Crippen molar-refractivity contribution < 1.29 is 4.74 Å². The van der Waals surface area contributed by atoms with Gasteiger partial charge < -0.3 is 4.74 Å². The molecule has 106 valence electrons. The number of hydrogen-bond acceptors (Lipinski definition) is 8. The van der Waals surface area contributed by atoms with Gasteiger partial charge in [-0.15, -0.1) is 23.5 Å². The Labute approximate surface area is 143 Å². The zero-order valence-electron chi connectivity index (χ0n) is 10.6. The summed E-state index contributed by atoms with van der Waals surface area (Å²) in [6, 6.07) is 0. The van der Waals surface area contributed by atoms with Crippen molar-refractivity contribution in [1.82, 2.24) is 0 Å². The summed E-state index contributed by atoms with van der Waals surface area (Å²) in [6.07, 6.45) is 0.227. The van der Waals surface area contributed by atoms with Gasteiger partial charge >= 0.3 is 0 Å². The van der Waals surface area contributed by atoms with Crippen LogP contribution in [-0.2, 0) is 4.74 Å². The van der Waals surface area contributed by atoms with E-state index in [1.165, 1.54) is 33.4 Å². The lowest BCUT2D eigenvalue weighted by atomic mass is 10.4. The number of rotatable bonds is 1. The van der Waals surface area contributed by atoms with Gasteiger partial charge in [0, 0.05) is 11.5 Å². The number of thioether (sulfide) groups is 6. The third-order valence-corrected chi connectivity index (χ3v) is 11.4. The van der Waals surface area contributed by atoms with Gasteiger partial charge in [-0.1, -0.05) is 47.0 Å². The fourth-order valence-corrected chi connectivity index (χ4v) is 10.3. The van der Waals surface area contributed by atoms with Crippen LogP contribution in [0.3, 0.4) is 0 Å². The molecule has 0 saturated carbocycles. The molecule has 0 bridgehead atoms. The zero-order chi connectivity index (χ0) is 13.5. The SMILES string of the molecule is C[C@@H]1CN=C(C2=CSC(=C3SC4=C(SCCS4)S3)S2)O1. The molecule has 20 heavy (non-hydrogen) atoms. The van der Waals surface area contributed by atoms with Crippen molar-refractivity contribution in [1.29, 1.82) is 0 Å². The van der Waals surface area contributed by atoms with Crippen LogP contribution in [0.4, 0.5) is 0 Å². The Bertz CT molecular complexity index is 558. The van der Waals surface area contributed by atoms with Gasteiger partial charge in [0.2, 0.25) is 5.90 Å². The average molecular weight is 378 g/mol. The van der Waals surface area contributed by atoms with Gasteiger partial charge in [0.05, 0.1) is 28.4 Å². The van der Waals surface area contributed by atoms with Crippen LogP contribution in [0.15, 0.2) is 32.3 Å². The maximum atomic E-state index is 5.74. The van der Waals surface area contributed by atoms with Crippen molar-refractivity contribution in [2.24, 2.45) is 4.99 Å².